The van der Waals surface area contributed by atoms with Gasteiger partial charge in [0, 0.05) is 31.7 Å². The fourth-order valence-corrected chi connectivity index (χ4v) is 3.35. The molecule has 1 amide bonds. The molecule has 3 rings (SSSR count). The number of carbonyl (C=O) groups excluding carboxylic acids is 2. The van der Waals surface area contributed by atoms with Crippen molar-refractivity contribution in [2.45, 2.75) is 20.3 Å². The number of hydrogen-bond acceptors (Lipinski definition) is 4. The number of aryl methyl sites for hydroxylation is 1. The van der Waals surface area contributed by atoms with E-state index in [1.807, 2.05) is 67.3 Å². The van der Waals surface area contributed by atoms with Gasteiger partial charge in [-0.05, 0) is 31.5 Å². The molecule has 0 aromatic heterocycles. The van der Waals surface area contributed by atoms with Crippen molar-refractivity contribution in [2.24, 2.45) is 0 Å². The van der Waals surface area contributed by atoms with Crippen LogP contribution in [-0.4, -0.2) is 60.8 Å². The van der Waals surface area contributed by atoms with E-state index in [9.17, 15) is 9.59 Å². The van der Waals surface area contributed by atoms with Gasteiger partial charge in [0.2, 0.25) is 5.91 Å². The maximum Gasteiger partial charge on any atom is 0.227 e. The van der Waals surface area contributed by atoms with E-state index in [4.69, 9.17) is 4.74 Å². The molecule has 1 heterocycles. The molecule has 1 aliphatic rings. The lowest BCUT2D eigenvalue weighted by Gasteiger charge is -2.34. The number of hydrogen-bond donors (Lipinski definition) is 0. The first-order chi connectivity index (χ1) is 13.5. The smallest absolute Gasteiger partial charge is 0.227 e. The number of nitrogens with zero attached hydrogens (tertiary/aromatic N) is 2. The third kappa shape index (κ3) is 5.42. The van der Waals surface area contributed by atoms with Gasteiger partial charge < -0.3 is 9.64 Å². The van der Waals surface area contributed by atoms with E-state index in [0.29, 0.717) is 32.7 Å². The summed E-state index contributed by atoms with van der Waals surface area (Å²) < 4.78 is 5.43. The number of piperazine rings is 1. The molecule has 5 nitrogen and oxygen atoms in total. The largest absolute Gasteiger partial charge is 0.494 e. The molecule has 0 N–H and O–H groups in total. The van der Waals surface area contributed by atoms with E-state index in [1.54, 1.807) is 0 Å². The molecular weight excluding hydrogens is 352 g/mol. The maximum atomic E-state index is 12.6. The van der Waals surface area contributed by atoms with Crippen molar-refractivity contribution >= 4 is 11.7 Å². The van der Waals surface area contributed by atoms with Crippen LogP contribution in [0.15, 0.2) is 48.5 Å². The molecule has 1 aliphatic heterocycles. The van der Waals surface area contributed by atoms with Crippen LogP contribution >= 0.6 is 0 Å². The van der Waals surface area contributed by atoms with Crippen molar-refractivity contribution in [3.63, 3.8) is 0 Å². The molecule has 5 heteroatoms. The average Bonchev–Trinajstić information content (AvgIpc) is 2.70. The first-order valence-corrected chi connectivity index (χ1v) is 9.87. The summed E-state index contributed by atoms with van der Waals surface area (Å²) in [6, 6.07) is 15.4. The number of amides is 1. The molecule has 0 atom stereocenters. The summed E-state index contributed by atoms with van der Waals surface area (Å²) in [6.45, 7) is 7.79. The van der Waals surface area contributed by atoms with Crippen LogP contribution in [0.25, 0.3) is 0 Å². The van der Waals surface area contributed by atoms with Gasteiger partial charge in [0.15, 0.2) is 5.78 Å². The fraction of sp³-hybridized carbons (Fsp3) is 0.391. The van der Waals surface area contributed by atoms with Crippen molar-refractivity contribution in [1.82, 2.24) is 9.80 Å². The van der Waals surface area contributed by atoms with Crippen molar-refractivity contribution in [3.05, 3.63) is 65.2 Å². The second kappa shape index (κ2) is 9.51. The standard InChI is InChI=1S/C23H28N2O3/c1-3-28-21-10-6-19(7-11-21)16-23(27)25-14-12-24(13-15-25)17-22(26)20-8-4-18(2)5-9-20/h4-11H,3,12-17H2,1-2H3. The normalized spacial score (nSPS) is 14.7. The molecule has 0 aliphatic carbocycles. The zero-order valence-corrected chi connectivity index (χ0v) is 16.7. The summed E-state index contributed by atoms with van der Waals surface area (Å²) in [5.74, 6) is 1.09. The van der Waals surface area contributed by atoms with Crippen molar-refractivity contribution in [3.8, 4) is 5.75 Å². The monoisotopic (exact) mass is 380 g/mol. The highest BCUT2D eigenvalue weighted by molar-refractivity contribution is 5.97. The highest BCUT2D eigenvalue weighted by Gasteiger charge is 2.22. The summed E-state index contributed by atoms with van der Waals surface area (Å²) >= 11 is 0. The Hall–Kier alpha value is -2.66. The number of ketones is 1. The highest BCUT2D eigenvalue weighted by Crippen LogP contribution is 2.14. The molecule has 0 bridgehead atoms. The van der Waals surface area contributed by atoms with Gasteiger partial charge in [-0.1, -0.05) is 42.0 Å². The number of Topliss-reactive ketones (excluding diaryl/α,β-unsaturated/α-hetero) is 1. The van der Waals surface area contributed by atoms with E-state index in [2.05, 4.69) is 4.90 Å². The molecule has 2 aromatic carbocycles. The minimum Gasteiger partial charge on any atom is -0.494 e. The lowest BCUT2D eigenvalue weighted by atomic mass is 10.1. The second-order valence-electron chi connectivity index (χ2n) is 7.20. The van der Waals surface area contributed by atoms with Crippen molar-refractivity contribution < 1.29 is 14.3 Å². The summed E-state index contributed by atoms with van der Waals surface area (Å²) in [4.78, 5) is 29.0. The Bertz CT molecular complexity index is 792. The van der Waals surface area contributed by atoms with E-state index >= 15 is 0 Å². The predicted molar refractivity (Wildman–Crippen MR) is 110 cm³/mol. The zero-order chi connectivity index (χ0) is 19.9. The Balaban J connectivity index is 1.45. The van der Waals surface area contributed by atoms with Crippen LogP contribution < -0.4 is 4.74 Å². The maximum absolute atomic E-state index is 12.6. The molecule has 0 saturated carbocycles. The quantitative estimate of drug-likeness (QED) is 0.693. The van der Waals surface area contributed by atoms with Crippen molar-refractivity contribution in [1.29, 1.82) is 0 Å². The Morgan fingerprint density at radius 3 is 2.18 bits per heavy atom. The number of rotatable bonds is 7. The van der Waals surface area contributed by atoms with Crippen LogP contribution in [0.2, 0.25) is 0 Å². The topological polar surface area (TPSA) is 49.9 Å². The molecule has 1 fully saturated rings. The molecule has 0 unspecified atom stereocenters. The lowest BCUT2D eigenvalue weighted by Crippen LogP contribution is -2.50. The molecular formula is C23H28N2O3. The summed E-state index contributed by atoms with van der Waals surface area (Å²) in [5.41, 5.74) is 2.89. The summed E-state index contributed by atoms with van der Waals surface area (Å²) in [7, 11) is 0. The van der Waals surface area contributed by atoms with E-state index in [-0.39, 0.29) is 11.7 Å². The number of ether oxygens (including phenoxy) is 1. The number of benzene rings is 2. The Kier molecular flexibility index (Phi) is 6.82. The molecule has 1 saturated heterocycles. The molecule has 0 spiro atoms. The van der Waals surface area contributed by atoms with Gasteiger partial charge in [0.1, 0.15) is 5.75 Å². The fourth-order valence-electron chi connectivity index (χ4n) is 3.35. The third-order valence-electron chi connectivity index (χ3n) is 5.06. The lowest BCUT2D eigenvalue weighted by molar-refractivity contribution is -0.132. The van der Waals surface area contributed by atoms with Crippen LogP contribution in [-0.2, 0) is 11.2 Å². The van der Waals surface area contributed by atoms with Crippen LogP contribution in [0.3, 0.4) is 0 Å². The second-order valence-corrected chi connectivity index (χ2v) is 7.20. The van der Waals surface area contributed by atoms with E-state index in [0.717, 1.165) is 35.5 Å². The van der Waals surface area contributed by atoms with E-state index in [1.165, 1.54) is 0 Å². The Morgan fingerprint density at radius 2 is 1.57 bits per heavy atom. The van der Waals surface area contributed by atoms with Gasteiger partial charge in [-0.3, -0.25) is 14.5 Å². The molecule has 2 aromatic rings. The van der Waals surface area contributed by atoms with Gasteiger partial charge in [-0.2, -0.15) is 0 Å². The van der Waals surface area contributed by atoms with Crippen LogP contribution in [0.5, 0.6) is 5.75 Å². The summed E-state index contributed by atoms with van der Waals surface area (Å²) in [5, 5.41) is 0. The number of carbonyl (C=O) groups is 2. The minimum atomic E-state index is 0.133. The minimum absolute atomic E-state index is 0.133. The van der Waals surface area contributed by atoms with Crippen LogP contribution in [0, 0.1) is 6.92 Å². The van der Waals surface area contributed by atoms with Gasteiger partial charge in [0.25, 0.3) is 0 Å². The average molecular weight is 380 g/mol. The summed E-state index contributed by atoms with van der Waals surface area (Å²) in [6.07, 6.45) is 0.398. The first-order valence-electron chi connectivity index (χ1n) is 9.87. The Labute approximate surface area is 166 Å². The van der Waals surface area contributed by atoms with Gasteiger partial charge in [-0.25, -0.2) is 0 Å². The van der Waals surface area contributed by atoms with Gasteiger partial charge in [-0.15, -0.1) is 0 Å². The highest BCUT2D eigenvalue weighted by atomic mass is 16.5. The Morgan fingerprint density at radius 1 is 0.929 bits per heavy atom. The molecule has 0 radical (unpaired) electrons. The van der Waals surface area contributed by atoms with Gasteiger partial charge in [0.05, 0.1) is 19.6 Å². The first kappa shape index (κ1) is 20.1. The zero-order valence-electron chi connectivity index (χ0n) is 16.7. The van der Waals surface area contributed by atoms with Gasteiger partial charge >= 0.3 is 0 Å². The molecule has 28 heavy (non-hydrogen) atoms. The van der Waals surface area contributed by atoms with Crippen LogP contribution in [0.1, 0.15) is 28.4 Å². The molecule has 148 valence electrons. The van der Waals surface area contributed by atoms with E-state index < -0.39 is 0 Å². The van der Waals surface area contributed by atoms with Crippen molar-refractivity contribution in [2.75, 3.05) is 39.3 Å². The SMILES string of the molecule is CCOc1ccc(CC(=O)N2CCN(CC(=O)c3ccc(C)cc3)CC2)cc1. The third-order valence-corrected chi connectivity index (χ3v) is 5.06. The predicted octanol–water partition coefficient (Wildman–Crippen LogP) is 2.96. The van der Waals surface area contributed by atoms with Crippen LogP contribution in [0.4, 0.5) is 0 Å².